The lowest BCUT2D eigenvalue weighted by atomic mass is 9.65. The molecule has 3 fully saturated rings. The first-order valence-corrected chi connectivity index (χ1v) is 7.11. The minimum atomic E-state index is 0.435. The molecule has 0 heterocycles. The fourth-order valence-corrected chi connectivity index (χ4v) is 5.92. The van der Waals surface area contributed by atoms with Gasteiger partial charge in [-0.05, 0) is 60.2 Å². The summed E-state index contributed by atoms with van der Waals surface area (Å²) in [5.74, 6) is 3.25. The summed E-state index contributed by atoms with van der Waals surface area (Å²) in [7, 11) is 0. The molecule has 1 N–H and O–H groups in total. The highest BCUT2D eigenvalue weighted by Gasteiger charge is 2.64. The topological polar surface area (TPSA) is 20.2 Å². The first-order chi connectivity index (χ1) is 7.50. The van der Waals surface area contributed by atoms with Crippen molar-refractivity contribution in [3.63, 3.8) is 0 Å². The number of hydrogen-bond acceptors (Lipinski definition) is 1. The molecule has 3 aliphatic rings. The van der Waals surface area contributed by atoms with Crippen LogP contribution in [0.5, 0.6) is 0 Å². The molecular weight excluding hydrogens is 196 g/mol. The minimum absolute atomic E-state index is 0.435. The van der Waals surface area contributed by atoms with Crippen LogP contribution in [0.2, 0.25) is 0 Å². The smallest absolute Gasteiger partial charge is 0.0467 e. The summed E-state index contributed by atoms with van der Waals surface area (Å²) in [6, 6.07) is 0. The molecule has 0 spiro atoms. The summed E-state index contributed by atoms with van der Waals surface area (Å²) in [6.45, 7) is 7.87. The lowest BCUT2D eigenvalue weighted by Gasteiger charge is -2.40. The molecule has 4 bridgehead atoms. The highest BCUT2D eigenvalue weighted by Crippen LogP contribution is 2.70. The van der Waals surface area contributed by atoms with E-state index in [1.165, 1.54) is 32.1 Å². The molecular formula is C15H26O. The van der Waals surface area contributed by atoms with Crippen LogP contribution in [0.3, 0.4) is 0 Å². The average Bonchev–Trinajstić information content (AvgIpc) is 2.68. The van der Waals surface area contributed by atoms with Crippen molar-refractivity contribution < 1.29 is 5.11 Å². The third-order valence-corrected chi connectivity index (χ3v) is 6.55. The van der Waals surface area contributed by atoms with Crippen LogP contribution in [0.25, 0.3) is 0 Å². The van der Waals surface area contributed by atoms with Gasteiger partial charge in [-0.1, -0.05) is 27.2 Å². The van der Waals surface area contributed by atoms with E-state index >= 15 is 0 Å². The second-order valence-corrected chi connectivity index (χ2v) is 7.51. The zero-order valence-electron chi connectivity index (χ0n) is 11.0. The molecule has 0 aromatic rings. The fraction of sp³-hybridized carbons (Fsp3) is 1.00. The lowest BCUT2D eigenvalue weighted by Crippen LogP contribution is -2.35. The van der Waals surface area contributed by atoms with Gasteiger partial charge in [0.05, 0.1) is 0 Å². The monoisotopic (exact) mass is 222 g/mol. The molecule has 0 aromatic carbocycles. The van der Waals surface area contributed by atoms with Crippen molar-refractivity contribution in [2.24, 2.45) is 34.5 Å². The SMILES string of the molecule is CC1(C)CCC[C@@]2(C)[C@H](CO)[C@H]3CC[C@H]2[C@H]31. The summed E-state index contributed by atoms with van der Waals surface area (Å²) < 4.78 is 0. The number of aliphatic hydroxyl groups is 1. The maximum Gasteiger partial charge on any atom is 0.0467 e. The minimum Gasteiger partial charge on any atom is -0.396 e. The Hall–Kier alpha value is -0.0400. The molecule has 0 aliphatic heterocycles. The number of rotatable bonds is 1. The van der Waals surface area contributed by atoms with E-state index in [0.717, 1.165) is 17.8 Å². The quantitative estimate of drug-likeness (QED) is 0.720. The van der Waals surface area contributed by atoms with Crippen molar-refractivity contribution >= 4 is 0 Å². The Bertz CT molecular complexity index is 296. The van der Waals surface area contributed by atoms with Gasteiger partial charge in [0.1, 0.15) is 0 Å². The summed E-state index contributed by atoms with van der Waals surface area (Å²) in [5, 5.41) is 9.76. The van der Waals surface area contributed by atoms with Crippen LogP contribution in [0.4, 0.5) is 0 Å². The highest BCUT2D eigenvalue weighted by molar-refractivity contribution is 5.12. The first kappa shape index (κ1) is 11.1. The van der Waals surface area contributed by atoms with Crippen molar-refractivity contribution in [3.8, 4) is 0 Å². The molecule has 0 amide bonds. The summed E-state index contributed by atoms with van der Waals surface area (Å²) in [5.41, 5.74) is 0.990. The zero-order valence-corrected chi connectivity index (χ0v) is 11.0. The molecule has 3 saturated carbocycles. The third kappa shape index (κ3) is 1.16. The van der Waals surface area contributed by atoms with Crippen LogP contribution in [0.1, 0.15) is 52.9 Å². The summed E-state index contributed by atoms with van der Waals surface area (Å²) in [6.07, 6.45) is 6.96. The molecule has 0 saturated heterocycles. The van der Waals surface area contributed by atoms with Crippen LogP contribution in [-0.4, -0.2) is 11.7 Å². The van der Waals surface area contributed by atoms with E-state index in [0.29, 0.717) is 23.4 Å². The van der Waals surface area contributed by atoms with Gasteiger partial charge >= 0.3 is 0 Å². The second kappa shape index (κ2) is 3.25. The van der Waals surface area contributed by atoms with E-state index in [2.05, 4.69) is 20.8 Å². The Morgan fingerprint density at radius 2 is 1.88 bits per heavy atom. The van der Waals surface area contributed by atoms with Gasteiger partial charge in [-0.2, -0.15) is 0 Å². The van der Waals surface area contributed by atoms with Gasteiger partial charge in [0.15, 0.2) is 0 Å². The normalized spacial score (nSPS) is 54.0. The summed E-state index contributed by atoms with van der Waals surface area (Å²) >= 11 is 0. The molecule has 16 heavy (non-hydrogen) atoms. The highest BCUT2D eigenvalue weighted by atomic mass is 16.3. The molecule has 0 radical (unpaired) electrons. The van der Waals surface area contributed by atoms with Crippen LogP contribution >= 0.6 is 0 Å². The van der Waals surface area contributed by atoms with Gasteiger partial charge in [0, 0.05) is 6.61 Å². The van der Waals surface area contributed by atoms with Crippen LogP contribution < -0.4 is 0 Å². The second-order valence-electron chi connectivity index (χ2n) is 7.51. The Labute approximate surface area is 99.6 Å². The van der Waals surface area contributed by atoms with Crippen LogP contribution in [-0.2, 0) is 0 Å². The van der Waals surface area contributed by atoms with E-state index in [-0.39, 0.29) is 0 Å². The van der Waals surface area contributed by atoms with Crippen molar-refractivity contribution in [1.29, 1.82) is 0 Å². The third-order valence-electron chi connectivity index (χ3n) is 6.55. The molecule has 0 aromatic heterocycles. The van der Waals surface area contributed by atoms with E-state index in [9.17, 15) is 5.11 Å². The predicted octanol–water partition coefficient (Wildman–Crippen LogP) is 3.47. The van der Waals surface area contributed by atoms with Crippen molar-refractivity contribution in [2.45, 2.75) is 52.9 Å². The Kier molecular flexibility index (Phi) is 2.25. The molecule has 1 nitrogen and oxygen atoms in total. The molecule has 3 aliphatic carbocycles. The van der Waals surface area contributed by atoms with Gasteiger partial charge in [-0.25, -0.2) is 0 Å². The Morgan fingerprint density at radius 1 is 1.12 bits per heavy atom. The van der Waals surface area contributed by atoms with Crippen LogP contribution in [0.15, 0.2) is 0 Å². The zero-order chi connectivity index (χ0) is 11.6. The molecule has 5 atom stereocenters. The molecule has 92 valence electrons. The lowest BCUT2D eigenvalue weighted by molar-refractivity contribution is 0.0374. The van der Waals surface area contributed by atoms with Gasteiger partial charge < -0.3 is 5.11 Å². The maximum atomic E-state index is 9.76. The summed E-state index contributed by atoms with van der Waals surface area (Å²) in [4.78, 5) is 0. The molecule has 0 unspecified atom stereocenters. The average molecular weight is 222 g/mol. The molecule has 1 heteroatoms. The van der Waals surface area contributed by atoms with Gasteiger partial charge in [0.2, 0.25) is 0 Å². The van der Waals surface area contributed by atoms with Gasteiger partial charge in [0.25, 0.3) is 0 Å². The van der Waals surface area contributed by atoms with Crippen LogP contribution in [0, 0.1) is 34.5 Å². The van der Waals surface area contributed by atoms with E-state index in [1.807, 2.05) is 0 Å². The first-order valence-electron chi connectivity index (χ1n) is 7.11. The van der Waals surface area contributed by atoms with E-state index in [4.69, 9.17) is 0 Å². The predicted molar refractivity (Wildman–Crippen MR) is 66.0 cm³/mol. The maximum absolute atomic E-state index is 9.76. The fourth-order valence-electron chi connectivity index (χ4n) is 5.92. The molecule has 3 rings (SSSR count). The number of hydrogen-bond donors (Lipinski definition) is 1. The van der Waals surface area contributed by atoms with Crippen molar-refractivity contribution in [1.82, 2.24) is 0 Å². The van der Waals surface area contributed by atoms with Crippen molar-refractivity contribution in [3.05, 3.63) is 0 Å². The van der Waals surface area contributed by atoms with Gasteiger partial charge in [-0.3, -0.25) is 0 Å². The Balaban J connectivity index is 2.04. The van der Waals surface area contributed by atoms with E-state index < -0.39 is 0 Å². The van der Waals surface area contributed by atoms with Crippen molar-refractivity contribution in [2.75, 3.05) is 6.61 Å². The Morgan fingerprint density at radius 3 is 2.56 bits per heavy atom. The largest absolute Gasteiger partial charge is 0.396 e. The number of aliphatic hydroxyl groups excluding tert-OH is 1. The van der Waals surface area contributed by atoms with Gasteiger partial charge in [-0.15, -0.1) is 0 Å². The standard InChI is InChI=1S/C15H26O/c1-14(2)7-4-8-15(3)11-6-5-10(13(11)14)12(15)9-16/h10-13,16H,4-9H2,1-3H3/t10-,11+,12-,13+,15-/m1/s1. The van der Waals surface area contributed by atoms with E-state index in [1.54, 1.807) is 0 Å².